The van der Waals surface area contributed by atoms with Gasteiger partial charge in [0, 0.05) is 24.7 Å². The molecule has 1 amide bonds. The number of nitrogens with two attached hydrogens (primary N) is 1. The fourth-order valence-electron chi connectivity index (χ4n) is 2.91. The maximum atomic E-state index is 12.0. The minimum atomic E-state index is -0.0520. The standard InChI is InChI=1S/C16H20N6O/c1-9-14-16(20-11(3)19-9)22(8-6-13(23)21-14)10(2)12-5-4-7-18-15(12)17/h4-5,7,10H,6,8H2,1-3H3,(H2,17,18)(H,21,23). The Labute approximate surface area is 135 Å². The summed E-state index contributed by atoms with van der Waals surface area (Å²) >= 11 is 0. The molecule has 0 fully saturated rings. The van der Waals surface area contributed by atoms with Crippen LogP contribution in [-0.2, 0) is 4.79 Å². The lowest BCUT2D eigenvalue weighted by molar-refractivity contribution is -0.116. The van der Waals surface area contributed by atoms with Gasteiger partial charge in [-0.1, -0.05) is 6.07 Å². The van der Waals surface area contributed by atoms with E-state index in [1.54, 1.807) is 6.20 Å². The fourth-order valence-corrected chi connectivity index (χ4v) is 2.91. The molecule has 0 saturated heterocycles. The number of hydrogen-bond acceptors (Lipinski definition) is 6. The Kier molecular flexibility index (Phi) is 3.85. The third kappa shape index (κ3) is 2.81. The summed E-state index contributed by atoms with van der Waals surface area (Å²) in [5.74, 6) is 1.87. The first-order valence-electron chi connectivity index (χ1n) is 7.59. The second kappa shape index (κ2) is 5.83. The van der Waals surface area contributed by atoms with Crippen molar-refractivity contribution in [2.45, 2.75) is 33.2 Å². The Morgan fingerprint density at radius 2 is 2.13 bits per heavy atom. The summed E-state index contributed by atoms with van der Waals surface area (Å²) < 4.78 is 0. The van der Waals surface area contributed by atoms with Crippen LogP contribution in [0.1, 0.15) is 36.5 Å². The summed E-state index contributed by atoms with van der Waals surface area (Å²) in [6.07, 6.45) is 2.06. The van der Waals surface area contributed by atoms with Crippen molar-refractivity contribution in [1.29, 1.82) is 0 Å². The molecule has 2 aromatic rings. The number of nitrogens with zero attached hydrogens (tertiary/aromatic N) is 4. The average molecular weight is 312 g/mol. The summed E-state index contributed by atoms with van der Waals surface area (Å²) in [7, 11) is 0. The molecule has 3 N–H and O–H groups in total. The van der Waals surface area contributed by atoms with Gasteiger partial charge in [-0.15, -0.1) is 0 Å². The summed E-state index contributed by atoms with van der Waals surface area (Å²) in [6, 6.07) is 3.76. The Hall–Kier alpha value is -2.70. The molecule has 0 aromatic carbocycles. The Morgan fingerprint density at radius 3 is 2.87 bits per heavy atom. The molecule has 0 aliphatic carbocycles. The zero-order chi connectivity index (χ0) is 16.6. The maximum Gasteiger partial charge on any atom is 0.226 e. The van der Waals surface area contributed by atoms with Crippen molar-refractivity contribution in [3.8, 4) is 0 Å². The highest BCUT2D eigenvalue weighted by atomic mass is 16.1. The van der Waals surface area contributed by atoms with Gasteiger partial charge in [-0.25, -0.2) is 15.0 Å². The van der Waals surface area contributed by atoms with E-state index in [0.717, 1.165) is 17.1 Å². The SMILES string of the molecule is Cc1nc(C)c2c(n1)N(C(C)c1cccnc1N)CCC(=O)N2. The molecule has 1 aliphatic rings. The van der Waals surface area contributed by atoms with Crippen molar-refractivity contribution < 1.29 is 4.79 Å². The van der Waals surface area contributed by atoms with Gasteiger partial charge in [-0.3, -0.25) is 4.79 Å². The molecule has 2 aromatic heterocycles. The smallest absolute Gasteiger partial charge is 0.226 e. The van der Waals surface area contributed by atoms with E-state index in [4.69, 9.17) is 5.73 Å². The molecular weight excluding hydrogens is 292 g/mol. The van der Waals surface area contributed by atoms with Gasteiger partial charge in [0.1, 0.15) is 17.3 Å². The van der Waals surface area contributed by atoms with Crippen LogP contribution in [-0.4, -0.2) is 27.4 Å². The lowest BCUT2D eigenvalue weighted by atomic mass is 10.1. The number of fused-ring (bicyclic) bond motifs is 1. The molecule has 0 spiro atoms. The molecule has 0 saturated carbocycles. The van der Waals surface area contributed by atoms with Gasteiger partial charge in [0.2, 0.25) is 5.91 Å². The van der Waals surface area contributed by atoms with Crippen LogP contribution in [0.3, 0.4) is 0 Å². The summed E-state index contributed by atoms with van der Waals surface area (Å²) in [4.78, 5) is 27.2. The quantitative estimate of drug-likeness (QED) is 0.880. The minimum absolute atomic E-state index is 0.0318. The lowest BCUT2D eigenvalue weighted by Crippen LogP contribution is -2.29. The molecule has 3 heterocycles. The number of amides is 1. The first-order valence-corrected chi connectivity index (χ1v) is 7.59. The number of aromatic nitrogens is 3. The van der Waals surface area contributed by atoms with Crippen LogP contribution in [0.2, 0.25) is 0 Å². The van der Waals surface area contributed by atoms with Crippen LogP contribution >= 0.6 is 0 Å². The van der Waals surface area contributed by atoms with Crippen LogP contribution in [0.4, 0.5) is 17.3 Å². The highest BCUT2D eigenvalue weighted by molar-refractivity contribution is 5.96. The highest BCUT2D eigenvalue weighted by Gasteiger charge is 2.28. The van der Waals surface area contributed by atoms with E-state index in [1.807, 2.05) is 32.9 Å². The van der Waals surface area contributed by atoms with E-state index in [9.17, 15) is 4.79 Å². The van der Waals surface area contributed by atoms with Crippen molar-refractivity contribution >= 4 is 23.2 Å². The maximum absolute atomic E-state index is 12.0. The van der Waals surface area contributed by atoms with Gasteiger partial charge >= 0.3 is 0 Å². The van der Waals surface area contributed by atoms with E-state index in [0.29, 0.717) is 30.3 Å². The molecule has 0 radical (unpaired) electrons. The van der Waals surface area contributed by atoms with Crippen molar-refractivity contribution in [3.63, 3.8) is 0 Å². The third-order valence-corrected chi connectivity index (χ3v) is 4.09. The number of hydrogen-bond donors (Lipinski definition) is 2. The third-order valence-electron chi connectivity index (χ3n) is 4.09. The molecule has 3 rings (SSSR count). The van der Waals surface area contributed by atoms with Crippen LogP contribution in [0, 0.1) is 13.8 Å². The molecule has 0 bridgehead atoms. The second-order valence-corrected chi connectivity index (χ2v) is 5.70. The van der Waals surface area contributed by atoms with Gasteiger partial charge in [0.15, 0.2) is 5.82 Å². The highest BCUT2D eigenvalue weighted by Crippen LogP contribution is 2.35. The predicted octanol–water partition coefficient (Wildman–Crippen LogP) is 1.98. The molecule has 23 heavy (non-hydrogen) atoms. The number of anilines is 3. The number of nitrogens with one attached hydrogen (secondary N) is 1. The number of carbonyl (C=O) groups is 1. The van der Waals surface area contributed by atoms with E-state index >= 15 is 0 Å². The number of aryl methyl sites for hydroxylation is 2. The van der Waals surface area contributed by atoms with Crippen LogP contribution in [0.25, 0.3) is 0 Å². The van der Waals surface area contributed by atoms with E-state index in [-0.39, 0.29) is 11.9 Å². The number of carbonyl (C=O) groups excluding carboxylic acids is 1. The average Bonchev–Trinajstić information content (AvgIpc) is 2.66. The van der Waals surface area contributed by atoms with Crippen molar-refractivity contribution in [1.82, 2.24) is 15.0 Å². The normalized spacial score (nSPS) is 15.6. The van der Waals surface area contributed by atoms with Crippen molar-refractivity contribution in [3.05, 3.63) is 35.4 Å². The number of rotatable bonds is 2. The van der Waals surface area contributed by atoms with Crippen molar-refractivity contribution in [2.75, 3.05) is 22.5 Å². The minimum Gasteiger partial charge on any atom is -0.383 e. The number of pyridine rings is 1. The second-order valence-electron chi connectivity index (χ2n) is 5.70. The van der Waals surface area contributed by atoms with Gasteiger partial charge < -0.3 is 16.0 Å². The van der Waals surface area contributed by atoms with Crippen molar-refractivity contribution in [2.24, 2.45) is 0 Å². The van der Waals surface area contributed by atoms with E-state index in [1.165, 1.54) is 0 Å². The molecule has 120 valence electrons. The Balaban J connectivity index is 2.10. The lowest BCUT2D eigenvalue weighted by Gasteiger charge is -2.30. The van der Waals surface area contributed by atoms with Crippen LogP contribution in [0.5, 0.6) is 0 Å². The molecule has 7 nitrogen and oxygen atoms in total. The van der Waals surface area contributed by atoms with Gasteiger partial charge in [0.05, 0.1) is 11.7 Å². The first kappa shape index (κ1) is 15.2. The number of nitrogen functional groups attached to an aromatic ring is 1. The summed E-state index contributed by atoms with van der Waals surface area (Å²) in [6.45, 7) is 6.33. The summed E-state index contributed by atoms with van der Waals surface area (Å²) in [5, 5.41) is 2.92. The molecule has 1 unspecified atom stereocenters. The van der Waals surface area contributed by atoms with E-state index < -0.39 is 0 Å². The first-order chi connectivity index (χ1) is 11.0. The topological polar surface area (TPSA) is 97.0 Å². The largest absolute Gasteiger partial charge is 0.383 e. The summed E-state index contributed by atoms with van der Waals surface area (Å²) in [5.41, 5.74) is 8.38. The molecular formula is C16H20N6O. The predicted molar refractivity (Wildman–Crippen MR) is 89.2 cm³/mol. The van der Waals surface area contributed by atoms with E-state index in [2.05, 4.69) is 25.2 Å². The molecule has 1 atom stereocenters. The fraction of sp³-hybridized carbons (Fsp3) is 0.375. The van der Waals surface area contributed by atoms with Gasteiger partial charge in [-0.05, 0) is 26.8 Å². The molecule has 7 heteroatoms. The van der Waals surface area contributed by atoms with Crippen LogP contribution < -0.4 is 16.0 Å². The Bertz CT molecular complexity index is 760. The molecule has 1 aliphatic heterocycles. The monoisotopic (exact) mass is 312 g/mol. The van der Waals surface area contributed by atoms with Gasteiger partial charge in [0.25, 0.3) is 0 Å². The Morgan fingerprint density at radius 1 is 1.35 bits per heavy atom. The zero-order valence-corrected chi connectivity index (χ0v) is 13.5. The van der Waals surface area contributed by atoms with Crippen LogP contribution in [0.15, 0.2) is 18.3 Å². The van der Waals surface area contributed by atoms with Gasteiger partial charge in [-0.2, -0.15) is 0 Å². The zero-order valence-electron chi connectivity index (χ0n) is 13.5.